The summed E-state index contributed by atoms with van der Waals surface area (Å²) in [7, 11) is 0. The molecule has 0 radical (unpaired) electrons. The summed E-state index contributed by atoms with van der Waals surface area (Å²) in [4.78, 5) is 30.7. The first-order chi connectivity index (χ1) is 14.1. The van der Waals surface area contributed by atoms with Crippen LogP contribution in [0.2, 0.25) is 0 Å². The van der Waals surface area contributed by atoms with Crippen molar-refractivity contribution in [3.63, 3.8) is 0 Å². The largest absolute Gasteiger partial charge is 0.341 e. The number of nitrogens with zero attached hydrogens (tertiary/aromatic N) is 2. The Labute approximate surface area is 176 Å². The molecule has 4 nitrogen and oxygen atoms in total. The minimum absolute atomic E-state index is 0.0328. The van der Waals surface area contributed by atoms with Crippen molar-refractivity contribution < 1.29 is 9.59 Å². The molecule has 0 atom stereocenters. The fraction of sp³-hybridized carbons (Fsp3) is 0.920. The van der Waals surface area contributed by atoms with Gasteiger partial charge >= 0.3 is 0 Å². The number of carbonyl (C=O) groups excluding carboxylic acids is 2. The highest BCUT2D eigenvalue weighted by Gasteiger charge is 2.55. The van der Waals surface area contributed by atoms with Crippen LogP contribution in [0.25, 0.3) is 0 Å². The summed E-state index contributed by atoms with van der Waals surface area (Å²) in [5, 5.41) is 0. The number of hydrogen-bond acceptors (Lipinski definition) is 2. The van der Waals surface area contributed by atoms with Gasteiger partial charge in [-0.3, -0.25) is 9.59 Å². The Kier molecular flexibility index (Phi) is 5.64. The number of hydrogen-bond donors (Lipinski definition) is 0. The molecule has 5 saturated carbocycles. The van der Waals surface area contributed by atoms with E-state index in [4.69, 9.17) is 0 Å². The maximum Gasteiger partial charge on any atom is 0.228 e. The number of carbonyl (C=O) groups is 2. The standard InChI is InChI=1S/C25H40N2O2/c28-23(8-7-19-5-2-1-3-6-19)26-9-4-10-27(12-11-26)24(29)25-16-20-13-21(17-25)15-22(14-20)18-25/h19-22H,1-18H2. The van der Waals surface area contributed by atoms with Gasteiger partial charge < -0.3 is 9.80 Å². The van der Waals surface area contributed by atoms with Crippen LogP contribution < -0.4 is 0 Å². The maximum atomic E-state index is 13.6. The monoisotopic (exact) mass is 400 g/mol. The Bertz CT molecular complexity index is 589. The van der Waals surface area contributed by atoms with Gasteiger partial charge in [0.1, 0.15) is 0 Å². The van der Waals surface area contributed by atoms with Crippen molar-refractivity contribution in [3.8, 4) is 0 Å². The molecule has 162 valence electrons. The van der Waals surface area contributed by atoms with Crippen LogP contribution in [0, 0.1) is 29.1 Å². The second-order valence-electron chi connectivity index (χ2n) is 11.3. The van der Waals surface area contributed by atoms with Crippen molar-refractivity contribution in [1.82, 2.24) is 9.80 Å². The van der Waals surface area contributed by atoms with E-state index < -0.39 is 0 Å². The van der Waals surface area contributed by atoms with Crippen LogP contribution in [0.3, 0.4) is 0 Å². The van der Waals surface area contributed by atoms with E-state index in [1.54, 1.807) is 0 Å². The molecule has 0 unspecified atom stereocenters. The van der Waals surface area contributed by atoms with Crippen LogP contribution >= 0.6 is 0 Å². The molecule has 1 heterocycles. The molecule has 0 N–H and O–H groups in total. The normalized spacial score (nSPS) is 37.6. The minimum atomic E-state index is -0.0328. The van der Waals surface area contributed by atoms with E-state index in [0.717, 1.165) is 82.0 Å². The first kappa shape index (κ1) is 19.9. The zero-order valence-corrected chi connectivity index (χ0v) is 18.2. The highest BCUT2D eigenvalue weighted by Crippen LogP contribution is 2.60. The van der Waals surface area contributed by atoms with E-state index in [0.29, 0.717) is 18.2 Å². The topological polar surface area (TPSA) is 40.6 Å². The summed E-state index contributed by atoms with van der Waals surface area (Å²) in [5.74, 6) is 4.00. The molecule has 1 aliphatic heterocycles. The van der Waals surface area contributed by atoms with Crippen molar-refractivity contribution >= 4 is 11.8 Å². The zero-order valence-electron chi connectivity index (χ0n) is 18.2. The van der Waals surface area contributed by atoms with E-state index in [-0.39, 0.29) is 5.41 Å². The molecule has 6 rings (SSSR count). The highest BCUT2D eigenvalue weighted by atomic mass is 16.2. The van der Waals surface area contributed by atoms with Gasteiger partial charge in [0, 0.05) is 32.6 Å². The van der Waals surface area contributed by atoms with Crippen LogP contribution in [0.15, 0.2) is 0 Å². The van der Waals surface area contributed by atoms with E-state index in [1.807, 2.05) is 0 Å². The minimum Gasteiger partial charge on any atom is -0.341 e. The lowest BCUT2D eigenvalue weighted by atomic mass is 9.49. The van der Waals surface area contributed by atoms with E-state index in [1.165, 1.54) is 51.4 Å². The fourth-order valence-corrected chi connectivity index (χ4v) is 8.04. The average molecular weight is 401 g/mol. The van der Waals surface area contributed by atoms with Crippen molar-refractivity contribution in [3.05, 3.63) is 0 Å². The van der Waals surface area contributed by atoms with Crippen molar-refractivity contribution in [1.29, 1.82) is 0 Å². The SMILES string of the molecule is O=C(CCC1CCCCC1)N1CCCN(C(=O)C23CC4CC(CC(C4)C2)C3)CC1. The molecule has 6 fully saturated rings. The molecule has 1 saturated heterocycles. The molecule has 4 bridgehead atoms. The lowest BCUT2D eigenvalue weighted by molar-refractivity contribution is -0.157. The second kappa shape index (κ2) is 8.23. The van der Waals surface area contributed by atoms with Gasteiger partial charge in [0.25, 0.3) is 0 Å². The summed E-state index contributed by atoms with van der Waals surface area (Å²) in [6, 6.07) is 0. The Balaban J connectivity index is 1.15. The van der Waals surface area contributed by atoms with Gasteiger partial charge in [-0.15, -0.1) is 0 Å². The van der Waals surface area contributed by atoms with Crippen molar-refractivity contribution in [2.45, 2.75) is 89.9 Å². The summed E-state index contributed by atoms with van der Waals surface area (Å²) in [6.45, 7) is 3.21. The van der Waals surface area contributed by atoms with Crippen molar-refractivity contribution in [2.75, 3.05) is 26.2 Å². The van der Waals surface area contributed by atoms with Crippen LogP contribution in [-0.2, 0) is 9.59 Å². The summed E-state index contributed by atoms with van der Waals surface area (Å²) in [5.41, 5.74) is -0.0328. The summed E-state index contributed by atoms with van der Waals surface area (Å²) in [6.07, 6.45) is 17.1. The number of amides is 2. The predicted octanol–water partition coefficient (Wildman–Crippen LogP) is 4.62. The fourth-order valence-electron chi connectivity index (χ4n) is 8.04. The Morgan fingerprint density at radius 1 is 0.724 bits per heavy atom. The molecule has 6 aliphatic rings. The molecule has 0 aromatic heterocycles. The zero-order chi connectivity index (χ0) is 19.8. The van der Waals surface area contributed by atoms with Crippen molar-refractivity contribution in [2.24, 2.45) is 29.1 Å². The van der Waals surface area contributed by atoms with Gasteiger partial charge in [-0.1, -0.05) is 32.1 Å². The maximum absolute atomic E-state index is 13.6. The van der Waals surface area contributed by atoms with Crippen LogP contribution in [0.1, 0.15) is 89.9 Å². The number of rotatable bonds is 4. The molecule has 29 heavy (non-hydrogen) atoms. The second-order valence-corrected chi connectivity index (χ2v) is 11.3. The van der Waals surface area contributed by atoms with Crippen LogP contribution in [-0.4, -0.2) is 47.8 Å². The third kappa shape index (κ3) is 4.10. The van der Waals surface area contributed by atoms with Crippen LogP contribution in [0.4, 0.5) is 0 Å². The lowest BCUT2D eigenvalue weighted by Gasteiger charge is -2.56. The Hall–Kier alpha value is -1.06. The van der Waals surface area contributed by atoms with Gasteiger partial charge in [0.2, 0.25) is 11.8 Å². The molecular weight excluding hydrogens is 360 g/mol. The predicted molar refractivity (Wildman–Crippen MR) is 114 cm³/mol. The molecule has 4 heteroatoms. The van der Waals surface area contributed by atoms with E-state index >= 15 is 0 Å². The summed E-state index contributed by atoms with van der Waals surface area (Å²) >= 11 is 0. The Morgan fingerprint density at radius 2 is 1.31 bits per heavy atom. The molecule has 2 amide bonds. The molecule has 0 aromatic carbocycles. The smallest absolute Gasteiger partial charge is 0.228 e. The third-order valence-electron chi connectivity index (χ3n) is 9.12. The van der Waals surface area contributed by atoms with E-state index in [2.05, 4.69) is 9.80 Å². The van der Waals surface area contributed by atoms with Gasteiger partial charge in [-0.2, -0.15) is 0 Å². The first-order valence-corrected chi connectivity index (χ1v) is 12.7. The van der Waals surface area contributed by atoms with Gasteiger partial charge in [-0.25, -0.2) is 0 Å². The van der Waals surface area contributed by atoms with Gasteiger partial charge in [-0.05, 0) is 75.0 Å². The highest BCUT2D eigenvalue weighted by molar-refractivity contribution is 5.83. The van der Waals surface area contributed by atoms with Gasteiger partial charge in [0.05, 0.1) is 5.41 Å². The van der Waals surface area contributed by atoms with Gasteiger partial charge in [0.15, 0.2) is 0 Å². The summed E-state index contributed by atoms with van der Waals surface area (Å²) < 4.78 is 0. The molecule has 0 spiro atoms. The molecular formula is C25H40N2O2. The average Bonchev–Trinajstić information content (AvgIpc) is 2.97. The Morgan fingerprint density at radius 3 is 1.97 bits per heavy atom. The quantitative estimate of drug-likeness (QED) is 0.691. The lowest BCUT2D eigenvalue weighted by Crippen LogP contribution is -2.55. The first-order valence-electron chi connectivity index (χ1n) is 12.7. The molecule has 5 aliphatic carbocycles. The third-order valence-corrected chi connectivity index (χ3v) is 9.12. The van der Waals surface area contributed by atoms with E-state index in [9.17, 15) is 9.59 Å². The molecule has 0 aromatic rings. The van der Waals surface area contributed by atoms with Crippen LogP contribution in [0.5, 0.6) is 0 Å².